The zero-order valence-electron chi connectivity index (χ0n) is 11.4. The van der Waals surface area contributed by atoms with Gasteiger partial charge in [-0.25, -0.2) is 9.97 Å². The number of rotatable bonds is 3. The molecule has 3 heterocycles. The van der Waals surface area contributed by atoms with E-state index in [9.17, 15) is 4.39 Å². The number of hydrogen-bond donors (Lipinski definition) is 0. The van der Waals surface area contributed by atoms with Crippen molar-refractivity contribution in [2.45, 2.75) is 19.5 Å². The molecular formula is C14H17FN4S. The van der Waals surface area contributed by atoms with E-state index in [2.05, 4.69) is 32.1 Å². The van der Waals surface area contributed by atoms with Crippen molar-refractivity contribution in [2.24, 2.45) is 0 Å². The quantitative estimate of drug-likeness (QED) is 0.813. The van der Waals surface area contributed by atoms with Crippen LogP contribution in [0, 0.1) is 5.95 Å². The van der Waals surface area contributed by atoms with Gasteiger partial charge in [-0.2, -0.15) is 4.39 Å². The van der Waals surface area contributed by atoms with Crippen LogP contribution in [0.4, 0.5) is 10.2 Å². The summed E-state index contributed by atoms with van der Waals surface area (Å²) in [7, 11) is 0. The van der Waals surface area contributed by atoms with E-state index >= 15 is 0 Å². The second-order valence-corrected chi connectivity index (χ2v) is 5.79. The van der Waals surface area contributed by atoms with Gasteiger partial charge in [-0.1, -0.05) is 6.07 Å². The second kappa shape index (κ2) is 5.85. The number of thiazole rings is 1. The Morgan fingerprint density at radius 2 is 2.30 bits per heavy atom. The SMILES string of the molecule is CC1CN(Cc2cscn2)CCN1c1cccc(F)n1. The molecule has 1 saturated heterocycles. The lowest BCUT2D eigenvalue weighted by Gasteiger charge is -2.40. The maximum atomic E-state index is 13.2. The number of halogens is 1. The molecule has 0 radical (unpaired) electrons. The van der Waals surface area contributed by atoms with Crippen molar-refractivity contribution in [2.75, 3.05) is 24.5 Å². The van der Waals surface area contributed by atoms with Crippen LogP contribution in [0.1, 0.15) is 12.6 Å². The summed E-state index contributed by atoms with van der Waals surface area (Å²) in [6, 6.07) is 5.28. The number of aromatic nitrogens is 2. The molecule has 2 aromatic rings. The average molecular weight is 292 g/mol. The summed E-state index contributed by atoms with van der Waals surface area (Å²) in [6.07, 6.45) is 0. The Kier molecular flexibility index (Phi) is 3.93. The highest BCUT2D eigenvalue weighted by atomic mass is 32.1. The normalized spacial score (nSPS) is 20.3. The molecule has 106 valence electrons. The maximum absolute atomic E-state index is 13.2. The molecule has 0 bridgehead atoms. The number of nitrogens with zero attached hydrogens (tertiary/aromatic N) is 4. The van der Waals surface area contributed by atoms with Gasteiger partial charge < -0.3 is 4.90 Å². The summed E-state index contributed by atoms with van der Waals surface area (Å²) < 4.78 is 13.2. The van der Waals surface area contributed by atoms with Crippen LogP contribution in [0.25, 0.3) is 0 Å². The van der Waals surface area contributed by atoms with Gasteiger partial charge in [0.25, 0.3) is 0 Å². The van der Waals surface area contributed by atoms with Crippen LogP contribution in [0.15, 0.2) is 29.1 Å². The summed E-state index contributed by atoms with van der Waals surface area (Å²) >= 11 is 1.63. The first kappa shape index (κ1) is 13.5. The van der Waals surface area contributed by atoms with Crippen LogP contribution in [0.2, 0.25) is 0 Å². The monoisotopic (exact) mass is 292 g/mol. The highest BCUT2D eigenvalue weighted by Crippen LogP contribution is 2.19. The van der Waals surface area contributed by atoms with Gasteiger partial charge in [0.05, 0.1) is 11.2 Å². The minimum absolute atomic E-state index is 0.316. The second-order valence-electron chi connectivity index (χ2n) is 5.08. The third-order valence-electron chi connectivity index (χ3n) is 3.58. The third kappa shape index (κ3) is 2.96. The molecule has 1 atom stereocenters. The molecule has 1 unspecified atom stereocenters. The van der Waals surface area contributed by atoms with Crippen molar-refractivity contribution in [3.8, 4) is 0 Å². The predicted molar refractivity (Wildman–Crippen MR) is 78.4 cm³/mol. The molecule has 1 aliphatic heterocycles. The van der Waals surface area contributed by atoms with E-state index in [1.54, 1.807) is 17.4 Å². The third-order valence-corrected chi connectivity index (χ3v) is 4.21. The molecule has 4 nitrogen and oxygen atoms in total. The summed E-state index contributed by atoms with van der Waals surface area (Å²) in [5, 5.41) is 2.09. The van der Waals surface area contributed by atoms with E-state index in [1.807, 2.05) is 11.6 Å². The molecule has 0 N–H and O–H groups in total. The van der Waals surface area contributed by atoms with Crippen molar-refractivity contribution in [1.29, 1.82) is 0 Å². The van der Waals surface area contributed by atoms with E-state index in [0.29, 0.717) is 6.04 Å². The van der Waals surface area contributed by atoms with Gasteiger partial charge >= 0.3 is 0 Å². The van der Waals surface area contributed by atoms with E-state index in [0.717, 1.165) is 37.7 Å². The topological polar surface area (TPSA) is 32.3 Å². The minimum atomic E-state index is -0.417. The van der Waals surface area contributed by atoms with Gasteiger partial charge in [0, 0.05) is 37.6 Å². The Morgan fingerprint density at radius 3 is 3.00 bits per heavy atom. The molecule has 0 aromatic carbocycles. The van der Waals surface area contributed by atoms with Gasteiger partial charge in [-0.05, 0) is 19.1 Å². The average Bonchev–Trinajstić information content (AvgIpc) is 2.92. The van der Waals surface area contributed by atoms with Crippen LogP contribution in [-0.4, -0.2) is 40.5 Å². The predicted octanol–water partition coefficient (Wildman–Crippen LogP) is 2.39. The zero-order valence-corrected chi connectivity index (χ0v) is 12.2. The summed E-state index contributed by atoms with van der Waals surface area (Å²) in [6.45, 7) is 5.79. The summed E-state index contributed by atoms with van der Waals surface area (Å²) in [5.74, 6) is 0.311. The van der Waals surface area contributed by atoms with Crippen molar-refractivity contribution < 1.29 is 4.39 Å². The Bertz CT molecular complexity index is 560. The number of pyridine rings is 1. The summed E-state index contributed by atoms with van der Waals surface area (Å²) in [5.41, 5.74) is 2.99. The smallest absolute Gasteiger partial charge is 0.214 e. The van der Waals surface area contributed by atoms with Crippen molar-refractivity contribution in [1.82, 2.24) is 14.9 Å². The highest BCUT2D eigenvalue weighted by molar-refractivity contribution is 7.07. The lowest BCUT2D eigenvalue weighted by atomic mass is 10.2. The Labute approximate surface area is 121 Å². The molecule has 0 spiro atoms. The van der Waals surface area contributed by atoms with Gasteiger partial charge in [0.15, 0.2) is 0 Å². The molecule has 1 fully saturated rings. The van der Waals surface area contributed by atoms with Crippen LogP contribution in [0.3, 0.4) is 0 Å². The van der Waals surface area contributed by atoms with Crippen LogP contribution in [0.5, 0.6) is 0 Å². The van der Waals surface area contributed by atoms with E-state index in [4.69, 9.17) is 0 Å². The van der Waals surface area contributed by atoms with Gasteiger partial charge in [-0.15, -0.1) is 11.3 Å². The number of piperazine rings is 1. The fourth-order valence-electron chi connectivity index (χ4n) is 2.62. The Hall–Kier alpha value is -1.53. The fraction of sp³-hybridized carbons (Fsp3) is 0.429. The number of anilines is 1. The summed E-state index contributed by atoms with van der Waals surface area (Å²) in [4.78, 5) is 12.9. The van der Waals surface area contributed by atoms with Gasteiger partial charge in [0.1, 0.15) is 5.82 Å². The van der Waals surface area contributed by atoms with E-state index in [-0.39, 0.29) is 0 Å². The fourth-order valence-corrected chi connectivity index (χ4v) is 3.17. The van der Waals surface area contributed by atoms with Gasteiger partial charge in [-0.3, -0.25) is 4.90 Å². The van der Waals surface area contributed by atoms with Crippen molar-refractivity contribution in [3.63, 3.8) is 0 Å². The first-order valence-corrected chi connectivity index (χ1v) is 7.65. The highest BCUT2D eigenvalue weighted by Gasteiger charge is 2.25. The Balaban J connectivity index is 1.65. The zero-order chi connectivity index (χ0) is 13.9. The minimum Gasteiger partial charge on any atom is -0.351 e. The first-order valence-electron chi connectivity index (χ1n) is 6.71. The molecule has 1 aliphatic rings. The molecule has 6 heteroatoms. The van der Waals surface area contributed by atoms with E-state index < -0.39 is 5.95 Å². The molecule has 0 amide bonds. The lowest BCUT2D eigenvalue weighted by molar-refractivity contribution is 0.218. The molecule has 0 aliphatic carbocycles. The Morgan fingerprint density at radius 1 is 1.40 bits per heavy atom. The first-order chi connectivity index (χ1) is 9.72. The molecule has 3 rings (SSSR count). The standard InChI is InChI=1S/C14H17FN4S/c1-11-7-18(8-12-9-20-10-16-12)5-6-19(11)14-4-2-3-13(15)17-14/h2-4,9-11H,5-8H2,1H3. The number of hydrogen-bond acceptors (Lipinski definition) is 5. The van der Waals surface area contributed by atoms with Gasteiger partial charge in [0.2, 0.25) is 5.95 Å². The van der Waals surface area contributed by atoms with Crippen molar-refractivity contribution in [3.05, 3.63) is 40.7 Å². The molecular weight excluding hydrogens is 275 g/mol. The largest absolute Gasteiger partial charge is 0.351 e. The maximum Gasteiger partial charge on any atom is 0.214 e. The van der Waals surface area contributed by atoms with Crippen LogP contribution < -0.4 is 4.90 Å². The van der Waals surface area contributed by atoms with Crippen LogP contribution >= 0.6 is 11.3 Å². The molecule has 2 aromatic heterocycles. The molecule has 0 saturated carbocycles. The molecule has 20 heavy (non-hydrogen) atoms. The lowest BCUT2D eigenvalue weighted by Crippen LogP contribution is -2.52. The van der Waals surface area contributed by atoms with Crippen LogP contribution in [-0.2, 0) is 6.54 Å². The van der Waals surface area contributed by atoms with Crippen molar-refractivity contribution >= 4 is 17.2 Å². The van der Waals surface area contributed by atoms with E-state index in [1.165, 1.54) is 6.07 Å².